The number of halogens is 3. The van der Waals surface area contributed by atoms with E-state index < -0.39 is 5.51 Å². The predicted octanol–water partition coefficient (Wildman–Crippen LogP) is 3.66. The quantitative estimate of drug-likeness (QED) is 0.568. The van der Waals surface area contributed by atoms with Gasteiger partial charge in [0, 0.05) is 16.3 Å². The van der Waals surface area contributed by atoms with Gasteiger partial charge in [-0.05, 0) is 65.2 Å². The SMILES string of the molecule is NC1=c2ccsc2=NCN1c1ccc(NC(=O)Cc2cccc(SC(F)(F)F)c2)cc1. The Bertz CT molecular complexity index is 1220. The molecule has 0 unspecified atom stereocenters. The zero-order chi connectivity index (χ0) is 22.0. The number of hydrogen-bond acceptors (Lipinski definition) is 6. The van der Waals surface area contributed by atoms with Gasteiger partial charge >= 0.3 is 5.51 Å². The van der Waals surface area contributed by atoms with Gasteiger partial charge in [-0.15, -0.1) is 11.3 Å². The molecule has 1 aromatic heterocycles. The van der Waals surface area contributed by atoms with Crippen LogP contribution in [-0.4, -0.2) is 18.1 Å². The van der Waals surface area contributed by atoms with Crippen molar-refractivity contribution in [1.82, 2.24) is 0 Å². The zero-order valence-electron chi connectivity index (χ0n) is 16.0. The molecule has 0 atom stereocenters. The molecule has 10 heteroatoms. The van der Waals surface area contributed by atoms with Gasteiger partial charge in [-0.3, -0.25) is 9.79 Å². The molecule has 0 fully saturated rings. The molecule has 0 saturated heterocycles. The van der Waals surface area contributed by atoms with E-state index in [-0.39, 0.29) is 29.0 Å². The molecule has 3 aromatic rings. The van der Waals surface area contributed by atoms with Gasteiger partial charge in [0.05, 0.1) is 11.6 Å². The maximum atomic E-state index is 12.5. The lowest BCUT2D eigenvalue weighted by Gasteiger charge is -2.24. The van der Waals surface area contributed by atoms with Crippen molar-refractivity contribution in [3.8, 4) is 0 Å². The Morgan fingerprint density at radius 2 is 1.97 bits per heavy atom. The molecule has 4 rings (SSSR count). The third kappa shape index (κ3) is 5.20. The minimum absolute atomic E-state index is 0.0271. The average Bonchev–Trinajstić information content (AvgIpc) is 3.18. The molecule has 31 heavy (non-hydrogen) atoms. The minimum Gasteiger partial charge on any atom is -0.384 e. The summed E-state index contributed by atoms with van der Waals surface area (Å²) in [7, 11) is 0. The molecule has 0 radical (unpaired) electrons. The second-order valence-electron chi connectivity index (χ2n) is 6.72. The van der Waals surface area contributed by atoms with Crippen LogP contribution in [-0.2, 0) is 11.2 Å². The number of nitrogens with zero attached hydrogens (tertiary/aromatic N) is 2. The number of alkyl halides is 3. The van der Waals surface area contributed by atoms with Gasteiger partial charge in [-0.25, -0.2) is 0 Å². The van der Waals surface area contributed by atoms with Gasteiger partial charge in [0.15, 0.2) is 0 Å². The molecule has 160 valence electrons. The number of nitrogens with one attached hydrogen (secondary N) is 1. The monoisotopic (exact) mass is 462 g/mol. The van der Waals surface area contributed by atoms with Crippen molar-refractivity contribution < 1.29 is 18.0 Å². The van der Waals surface area contributed by atoms with Gasteiger partial charge in [0.2, 0.25) is 5.91 Å². The first-order valence-electron chi connectivity index (χ1n) is 9.18. The standard InChI is InChI=1S/C21H17F3N4OS2/c22-21(23,24)31-16-3-1-2-13(10-16)11-18(29)27-14-4-6-15(7-5-14)28-12-26-20-17(19(28)25)8-9-30-20/h1-10H,11-12,25H2,(H,27,29). The molecular weight excluding hydrogens is 445 g/mol. The minimum atomic E-state index is -4.36. The molecule has 1 aliphatic rings. The molecule has 0 spiro atoms. The number of thioether (sulfide) groups is 1. The van der Waals surface area contributed by atoms with Gasteiger partial charge in [0.25, 0.3) is 0 Å². The summed E-state index contributed by atoms with van der Waals surface area (Å²) in [6.07, 6.45) is -0.0271. The topological polar surface area (TPSA) is 70.7 Å². The Hall–Kier alpha value is -2.98. The van der Waals surface area contributed by atoms with Gasteiger partial charge in [-0.1, -0.05) is 12.1 Å². The summed E-state index contributed by atoms with van der Waals surface area (Å²) >= 11 is 1.34. The molecule has 5 nitrogen and oxygen atoms in total. The van der Waals surface area contributed by atoms with Crippen LogP contribution in [0.2, 0.25) is 0 Å². The summed E-state index contributed by atoms with van der Waals surface area (Å²) in [5.41, 5.74) is 3.83. The summed E-state index contributed by atoms with van der Waals surface area (Å²) in [6.45, 7) is 0.414. The fraction of sp³-hybridized carbons (Fsp3) is 0.143. The van der Waals surface area contributed by atoms with Crippen LogP contribution in [0, 0.1) is 0 Å². The zero-order valence-corrected chi connectivity index (χ0v) is 17.7. The van der Waals surface area contributed by atoms with E-state index in [1.165, 1.54) is 18.2 Å². The van der Waals surface area contributed by atoms with Crippen molar-refractivity contribution in [3.63, 3.8) is 0 Å². The lowest BCUT2D eigenvalue weighted by atomic mass is 10.1. The normalized spacial score (nSPS) is 13.5. The number of nitrogens with two attached hydrogens (primary N) is 1. The molecule has 0 bridgehead atoms. The van der Waals surface area contributed by atoms with Gasteiger partial charge in [-0.2, -0.15) is 13.2 Å². The molecule has 1 aliphatic heterocycles. The number of anilines is 2. The highest BCUT2D eigenvalue weighted by Crippen LogP contribution is 2.37. The van der Waals surface area contributed by atoms with E-state index in [9.17, 15) is 18.0 Å². The van der Waals surface area contributed by atoms with Crippen LogP contribution in [0.25, 0.3) is 5.82 Å². The first kappa shape index (κ1) is 21.3. The number of hydrogen-bond donors (Lipinski definition) is 2. The molecule has 2 heterocycles. The maximum Gasteiger partial charge on any atom is 0.446 e. The Balaban J connectivity index is 1.41. The van der Waals surface area contributed by atoms with E-state index in [1.54, 1.807) is 29.5 Å². The Kier molecular flexibility index (Phi) is 5.92. The van der Waals surface area contributed by atoms with Crippen LogP contribution in [0.15, 0.2) is 69.9 Å². The molecule has 0 aliphatic carbocycles. The highest BCUT2D eigenvalue weighted by atomic mass is 32.2. The third-order valence-electron chi connectivity index (χ3n) is 4.53. The molecule has 3 N–H and O–H groups in total. The largest absolute Gasteiger partial charge is 0.446 e. The van der Waals surface area contributed by atoms with Crippen LogP contribution >= 0.6 is 23.1 Å². The lowest BCUT2D eigenvalue weighted by molar-refractivity contribution is -0.115. The first-order chi connectivity index (χ1) is 14.8. The van der Waals surface area contributed by atoms with E-state index in [0.717, 1.165) is 15.6 Å². The second kappa shape index (κ2) is 8.64. The van der Waals surface area contributed by atoms with Crippen molar-refractivity contribution in [2.75, 3.05) is 16.9 Å². The molecule has 1 amide bonds. The Morgan fingerprint density at radius 3 is 2.71 bits per heavy atom. The Labute approximate surface area is 184 Å². The highest BCUT2D eigenvalue weighted by Gasteiger charge is 2.29. The van der Waals surface area contributed by atoms with Crippen LogP contribution < -0.4 is 25.8 Å². The summed E-state index contributed by atoms with van der Waals surface area (Å²) in [6, 6.07) is 15.0. The predicted molar refractivity (Wildman–Crippen MR) is 117 cm³/mol. The number of fused-ring (bicyclic) bond motifs is 1. The molecule has 2 aromatic carbocycles. The number of carbonyl (C=O) groups excluding carboxylic acids is 1. The number of amides is 1. The van der Waals surface area contributed by atoms with E-state index in [2.05, 4.69) is 10.3 Å². The van der Waals surface area contributed by atoms with Gasteiger partial charge < -0.3 is 16.0 Å². The van der Waals surface area contributed by atoms with Crippen molar-refractivity contribution in [2.24, 2.45) is 10.7 Å². The van der Waals surface area contributed by atoms with Gasteiger partial charge in [0.1, 0.15) is 17.2 Å². The number of benzene rings is 2. The summed E-state index contributed by atoms with van der Waals surface area (Å²) in [5.74, 6) is 0.309. The van der Waals surface area contributed by atoms with Crippen LogP contribution in [0.3, 0.4) is 0 Å². The second-order valence-corrected chi connectivity index (χ2v) is 8.75. The smallest absolute Gasteiger partial charge is 0.384 e. The number of thiophene rings is 1. The van der Waals surface area contributed by atoms with E-state index >= 15 is 0 Å². The summed E-state index contributed by atoms with van der Waals surface area (Å²) in [5, 5.41) is 5.61. The fourth-order valence-electron chi connectivity index (χ4n) is 3.16. The summed E-state index contributed by atoms with van der Waals surface area (Å²) < 4.78 is 38.5. The lowest BCUT2D eigenvalue weighted by Crippen LogP contribution is -2.41. The van der Waals surface area contributed by atoms with Crippen molar-refractivity contribution in [1.29, 1.82) is 0 Å². The fourth-order valence-corrected chi connectivity index (χ4v) is 4.55. The van der Waals surface area contributed by atoms with E-state index in [4.69, 9.17) is 5.73 Å². The number of rotatable bonds is 5. The van der Waals surface area contributed by atoms with Crippen molar-refractivity contribution in [2.45, 2.75) is 16.8 Å². The van der Waals surface area contributed by atoms with E-state index in [1.807, 2.05) is 28.5 Å². The average molecular weight is 463 g/mol. The van der Waals surface area contributed by atoms with Crippen LogP contribution in [0.5, 0.6) is 0 Å². The molecule has 0 saturated carbocycles. The van der Waals surface area contributed by atoms with Crippen LogP contribution in [0.4, 0.5) is 24.5 Å². The van der Waals surface area contributed by atoms with Crippen molar-refractivity contribution >= 4 is 46.2 Å². The van der Waals surface area contributed by atoms with E-state index in [0.29, 0.717) is 23.7 Å². The Morgan fingerprint density at radius 1 is 1.19 bits per heavy atom. The van der Waals surface area contributed by atoms with Crippen LogP contribution in [0.1, 0.15) is 5.56 Å². The highest BCUT2D eigenvalue weighted by molar-refractivity contribution is 8.00. The third-order valence-corrected chi connectivity index (χ3v) is 6.09. The van der Waals surface area contributed by atoms with Crippen molar-refractivity contribution in [3.05, 3.63) is 75.4 Å². The first-order valence-corrected chi connectivity index (χ1v) is 10.9. The molecular formula is C21H17F3N4OS2. The summed E-state index contributed by atoms with van der Waals surface area (Å²) in [4.78, 5) is 18.8. The number of carbonyl (C=O) groups is 1. The maximum absolute atomic E-state index is 12.5.